The molecule has 0 unspecified atom stereocenters. The van der Waals surface area contributed by atoms with E-state index >= 15 is 0 Å². The molecule has 3 heterocycles. The molecule has 10 rings (SSSR count). The number of nitrogens with zero attached hydrogens (tertiary/aromatic N) is 2. The molecule has 0 amide bonds. The van der Waals surface area contributed by atoms with Crippen molar-refractivity contribution in [2.24, 2.45) is 0 Å². The van der Waals surface area contributed by atoms with Crippen molar-refractivity contribution >= 4 is 78.0 Å². The zero-order valence-electron chi connectivity index (χ0n) is 47.4. The lowest BCUT2D eigenvalue weighted by molar-refractivity contribution is 0.443. The SMILES string of the molecule is CC(C)(C)c1cc(-c2cc(C(C)(C)C)ccc2N2c3ccc(C(C)(C)C)cc3B3c4sc5ccc(C(C)(C)C)cc5c4N(c4ccc(C5CCCCC5)cc4)c4cc(C(C)(C)C)cc2c43)cc(C(C)(C)C)c1. The smallest absolute Gasteiger partial charge is 0.264 e. The molecule has 0 radical (unpaired) electrons. The average Bonchev–Trinajstić information content (AvgIpc) is 3.68. The summed E-state index contributed by atoms with van der Waals surface area (Å²) in [5.74, 6) is 0.645. The van der Waals surface area contributed by atoms with Gasteiger partial charge < -0.3 is 9.80 Å². The first-order chi connectivity index (χ1) is 33.5. The number of fused-ring (bicyclic) bond motifs is 6. The van der Waals surface area contributed by atoms with Crippen LogP contribution < -0.4 is 25.5 Å². The van der Waals surface area contributed by atoms with Crippen LogP contribution >= 0.6 is 11.3 Å². The van der Waals surface area contributed by atoms with E-state index in [9.17, 15) is 0 Å². The maximum Gasteiger partial charge on any atom is 0.264 e. The highest BCUT2D eigenvalue weighted by atomic mass is 32.1. The number of hydrogen-bond acceptors (Lipinski definition) is 3. The van der Waals surface area contributed by atoms with Crippen molar-refractivity contribution in [3.8, 4) is 11.1 Å². The predicted molar refractivity (Wildman–Crippen MR) is 319 cm³/mol. The normalized spacial score (nSPS) is 15.8. The van der Waals surface area contributed by atoms with Gasteiger partial charge in [0.2, 0.25) is 0 Å². The molecule has 7 aromatic rings. The number of thiophene rings is 1. The minimum absolute atomic E-state index is 0.00841. The summed E-state index contributed by atoms with van der Waals surface area (Å²) in [5.41, 5.74) is 22.4. The maximum atomic E-state index is 2.71. The Morgan fingerprint density at radius 2 is 0.917 bits per heavy atom. The van der Waals surface area contributed by atoms with Gasteiger partial charge in [-0.3, -0.25) is 0 Å². The van der Waals surface area contributed by atoms with Crippen LogP contribution in [-0.2, 0) is 32.5 Å². The van der Waals surface area contributed by atoms with Crippen molar-refractivity contribution in [1.29, 1.82) is 0 Å². The molecule has 3 aliphatic rings. The zero-order valence-corrected chi connectivity index (χ0v) is 48.2. The van der Waals surface area contributed by atoms with Crippen molar-refractivity contribution in [3.05, 3.63) is 148 Å². The standard InChI is InChI=1S/C68H83BN2S/c1-63(2,3)45-26-31-55(52(37-45)44-34-48(66(10,11)12)36-49(35-44)67(13,14)15)71-56-32-27-47(65(7,8)9)39-54(56)69-60-57(40-50(41-58(60)71)68(16,17)18)70(51-29-24-43(25-30-51)42-22-20-19-21-23-42)61-53-38-46(64(4,5)6)28-33-59(53)72-62(61)69/h24-42H,19-23H2,1-18H3. The van der Waals surface area contributed by atoms with E-state index in [0.717, 1.165) is 0 Å². The van der Waals surface area contributed by atoms with Gasteiger partial charge in [-0.2, -0.15) is 0 Å². The molecule has 0 atom stereocenters. The number of hydrogen-bond donors (Lipinski definition) is 0. The van der Waals surface area contributed by atoms with Crippen LogP contribution in [0, 0.1) is 0 Å². The van der Waals surface area contributed by atoms with Crippen LogP contribution in [0.3, 0.4) is 0 Å². The van der Waals surface area contributed by atoms with E-state index < -0.39 is 0 Å². The summed E-state index contributed by atoms with van der Waals surface area (Å²) < 4.78 is 2.79. The zero-order chi connectivity index (χ0) is 51.8. The molecular weight excluding hydrogens is 888 g/mol. The van der Waals surface area contributed by atoms with Crippen LogP contribution in [0.1, 0.15) is 202 Å². The predicted octanol–water partition coefficient (Wildman–Crippen LogP) is 18.5. The van der Waals surface area contributed by atoms with Gasteiger partial charge in [0.15, 0.2) is 0 Å². The lowest BCUT2D eigenvalue weighted by Crippen LogP contribution is -2.60. The van der Waals surface area contributed by atoms with Gasteiger partial charge in [-0.1, -0.05) is 198 Å². The largest absolute Gasteiger partial charge is 0.311 e. The third-order valence-electron chi connectivity index (χ3n) is 16.6. The van der Waals surface area contributed by atoms with E-state index in [1.807, 2.05) is 11.3 Å². The van der Waals surface area contributed by atoms with Crippen LogP contribution in [0.15, 0.2) is 109 Å². The van der Waals surface area contributed by atoms with Crippen molar-refractivity contribution in [2.45, 2.75) is 195 Å². The molecule has 1 saturated carbocycles. The van der Waals surface area contributed by atoms with Gasteiger partial charge >= 0.3 is 0 Å². The molecular formula is C68H83BN2S. The monoisotopic (exact) mass is 971 g/mol. The average molecular weight is 971 g/mol. The van der Waals surface area contributed by atoms with E-state index in [2.05, 4.69) is 244 Å². The summed E-state index contributed by atoms with van der Waals surface area (Å²) in [6.45, 7) is 42.7. The number of benzene rings is 6. The molecule has 0 spiro atoms. The molecule has 0 saturated heterocycles. The van der Waals surface area contributed by atoms with E-state index in [1.165, 1.54) is 142 Å². The first-order valence-electron chi connectivity index (χ1n) is 27.4. The van der Waals surface area contributed by atoms with Crippen LogP contribution in [0.5, 0.6) is 0 Å². The molecule has 72 heavy (non-hydrogen) atoms. The summed E-state index contributed by atoms with van der Waals surface area (Å²) >= 11 is 2.02. The van der Waals surface area contributed by atoms with Gasteiger partial charge in [0.1, 0.15) is 0 Å². The first kappa shape index (κ1) is 50.5. The molecule has 1 fully saturated rings. The molecule has 0 bridgehead atoms. The maximum absolute atomic E-state index is 2.71. The Hall–Kier alpha value is -5.06. The highest BCUT2D eigenvalue weighted by Gasteiger charge is 2.47. The Bertz CT molecular complexity index is 3190. The molecule has 1 aromatic heterocycles. The summed E-state index contributed by atoms with van der Waals surface area (Å²) in [6, 6.07) is 44.8. The molecule has 1 aliphatic carbocycles. The fraction of sp³-hybridized carbons (Fsp3) is 0.441. The molecule has 2 aliphatic heterocycles. The van der Waals surface area contributed by atoms with Crippen molar-refractivity contribution in [2.75, 3.05) is 9.80 Å². The lowest BCUT2D eigenvalue weighted by Gasteiger charge is -2.45. The van der Waals surface area contributed by atoms with Gasteiger partial charge in [-0.05, 0) is 161 Å². The molecule has 4 heteroatoms. The van der Waals surface area contributed by atoms with Crippen LogP contribution in [-0.4, -0.2) is 6.71 Å². The second-order valence-electron chi connectivity index (χ2n) is 28.3. The summed E-state index contributed by atoms with van der Waals surface area (Å²) in [7, 11) is 0. The van der Waals surface area contributed by atoms with Crippen LogP contribution in [0.25, 0.3) is 21.2 Å². The highest BCUT2D eigenvalue weighted by molar-refractivity contribution is 7.33. The van der Waals surface area contributed by atoms with Gasteiger partial charge in [-0.25, -0.2) is 0 Å². The van der Waals surface area contributed by atoms with E-state index in [4.69, 9.17) is 0 Å². The third kappa shape index (κ3) is 8.98. The van der Waals surface area contributed by atoms with Gasteiger partial charge in [0.05, 0.1) is 11.4 Å². The third-order valence-corrected chi connectivity index (χ3v) is 17.8. The van der Waals surface area contributed by atoms with Gasteiger partial charge in [-0.15, -0.1) is 11.3 Å². The van der Waals surface area contributed by atoms with E-state index in [0.29, 0.717) is 5.92 Å². The topological polar surface area (TPSA) is 6.48 Å². The van der Waals surface area contributed by atoms with E-state index in [-0.39, 0.29) is 39.2 Å². The molecule has 2 nitrogen and oxygen atoms in total. The molecule has 6 aromatic carbocycles. The Morgan fingerprint density at radius 3 is 1.47 bits per heavy atom. The summed E-state index contributed by atoms with van der Waals surface area (Å²) in [5, 5.41) is 1.36. The summed E-state index contributed by atoms with van der Waals surface area (Å²) in [4.78, 5) is 5.41. The molecule has 374 valence electrons. The fourth-order valence-electron chi connectivity index (χ4n) is 11.8. The second-order valence-corrected chi connectivity index (χ2v) is 29.4. The van der Waals surface area contributed by atoms with Crippen LogP contribution in [0.4, 0.5) is 34.1 Å². The first-order valence-corrected chi connectivity index (χ1v) is 28.2. The van der Waals surface area contributed by atoms with Gasteiger partial charge in [0.25, 0.3) is 6.71 Å². The minimum atomic E-state index is -0.127. The summed E-state index contributed by atoms with van der Waals surface area (Å²) in [6.07, 6.45) is 6.62. The van der Waals surface area contributed by atoms with Crippen molar-refractivity contribution in [1.82, 2.24) is 0 Å². The van der Waals surface area contributed by atoms with Gasteiger partial charge in [0, 0.05) is 43.2 Å². The quantitative estimate of drug-likeness (QED) is 0.162. The number of anilines is 6. The van der Waals surface area contributed by atoms with E-state index in [1.54, 1.807) is 0 Å². The lowest BCUT2D eigenvalue weighted by atomic mass is 9.36. The van der Waals surface area contributed by atoms with Crippen LogP contribution in [0.2, 0.25) is 0 Å². The Morgan fingerprint density at radius 1 is 0.431 bits per heavy atom. The van der Waals surface area contributed by atoms with Crippen molar-refractivity contribution < 1.29 is 0 Å². The molecule has 0 N–H and O–H groups in total. The number of rotatable bonds is 4. The second kappa shape index (κ2) is 17.3. The van der Waals surface area contributed by atoms with Crippen molar-refractivity contribution in [3.63, 3.8) is 0 Å². The Kier molecular flexibility index (Phi) is 12.1. The Labute approximate surface area is 439 Å². The Balaban J connectivity index is 1.34. The highest BCUT2D eigenvalue weighted by Crippen LogP contribution is 2.52. The fourth-order valence-corrected chi connectivity index (χ4v) is 13.1. The minimum Gasteiger partial charge on any atom is -0.311 e.